The predicted molar refractivity (Wildman–Crippen MR) is 94.5 cm³/mol. The van der Waals surface area contributed by atoms with Crippen LogP contribution in [0.2, 0.25) is 0 Å². The van der Waals surface area contributed by atoms with E-state index in [-0.39, 0.29) is 11.1 Å². The molecule has 2 heterocycles. The summed E-state index contributed by atoms with van der Waals surface area (Å²) in [6.45, 7) is 0. The van der Waals surface area contributed by atoms with Crippen molar-refractivity contribution in [2.45, 2.75) is 0 Å². The lowest BCUT2D eigenvalue weighted by atomic mass is 10.1. The predicted octanol–water partition coefficient (Wildman–Crippen LogP) is 4.00. The number of aryl methyl sites for hydroxylation is 1. The fourth-order valence-corrected chi connectivity index (χ4v) is 3.08. The van der Waals surface area contributed by atoms with Crippen molar-refractivity contribution in [1.29, 1.82) is 0 Å². The highest BCUT2D eigenvalue weighted by Crippen LogP contribution is 2.27. The van der Waals surface area contributed by atoms with E-state index in [4.69, 9.17) is 0 Å². The lowest BCUT2D eigenvalue weighted by molar-refractivity contribution is 0.102. The molecule has 0 unspecified atom stereocenters. The summed E-state index contributed by atoms with van der Waals surface area (Å²) in [6.07, 6.45) is 3.56. The van der Waals surface area contributed by atoms with E-state index < -0.39 is 17.5 Å². The number of anilines is 1. The van der Waals surface area contributed by atoms with E-state index in [0.29, 0.717) is 33.8 Å². The van der Waals surface area contributed by atoms with Crippen LogP contribution in [0.4, 0.5) is 14.5 Å². The fraction of sp³-hybridized carbons (Fsp3) is 0.0526. The Bertz CT molecular complexity index is 1190. The zero-order valence-corrected chi connectivity index (χ0v) is 13.6. The van der Waals surface area contributed by atoms with E-state index in [1.807, 2.05) is 0 Å². The summed E-state index contributed by atoms with van der Waals surface area (Å²) in [5.41, 5.74) is 1.85. The molecule has 2 aromatic carbocycles. The highest BCUT2D eigenvalue weighted by molar-refractivity contribution is 6.15. The molecule has 0 saturated carbocycles. The second-order valence-electron chi connectivity index (χ2n) is 6.01. The third-order valence-corrected chi connectivity index (χ3v) is 4.37. The number of halogens is 2. The Morgan fingerprint density at radius 2 is 2.00 bits per heavy atom. The van der Waals surface area contributed by atoms with Gasteiger partial charge in [0, 0.05) is 41.2 Å². The number of nitrogens with zero attached hydrogens (tertiary/aromatic N) is 1. The highest BCUT2D eigenvalue weighted by Gasteiger charge is 2.18. The van der Waals surface area contributed by atoms with Gasteiger partial charge in [-0.1, -0.05) is 0 Å². The van der Waals surface area contributed by atoms with Crippen molar-refractivity contribution in [2.75, 3.05) is 5.32 Å². The number of nitrogens with one attached hydrogen (secondary N) is 2. The minimum Gasteiger partial charge on any atom is -0.359 e. The molecule has 0 bridgehead atoms. The monoisotopic (exact) mass is 353 g/mol. The molecule has 5 nitrogen and oxygen atoms in total. The zero-order valence-electron chi connectivity index (χ0n) is 13.6. The first-order valence-electron chi connectivity index (χ1n) is 7.79. The molecule has 130 valence electrons. The minimum absolute atomic E-state index is 0.0715. The Labute approximate surface area is 146 Å². The van der Waals surface area contributed by atoms with Crippen molar-refractivity contribution in [3.63, 3.8) is 0 Å². The van der Waals surface area contributed by atoms with E-state index in [2.05, 4.69) is 10.3 Å². The van der Waals surface area contributed by atoms with Crippen LogP contribution in [-0.2, 0) is 7.05 Å². The first-order chi connectivity index (χ1) is 12.5. The molecular weight excluding hydrogens is 340 g/mol. The molecule has 0 atom stereocenters. The molecule has 7 heteroatoms. The third-order valence-electron chi connectivity index (χ3n) is 4.37. The van der Waals surface area contributed by atoms with Crippen LogP contribution in [0.25, 0.3) is 21.8 Å². The summed E-state index contributed by atoms with van der Waals surface area (Å²) < 4.78 is 29.1. The number of carbonyl (C=O) groups is 2. The van der Waals surface area contributed by atoms with Gasteiger partial charge in [-0.15, -0.1) is 0 Å². The number of carbonyl (C=O) groups excluding carboxylic acids is 2. The van der Waals surface area contributed by atoms with Crippen LogP contribution in [0.1, 0.15) is 20.7 Å². The van der Waals surface area contributed by atoms with Crippen molar-refractivity contribution in [2.24, 2.45) is 7.05 Å². The second kappa shape index (κ2) is 5.80. The molecule has 4 rings (SSSR count). The van der Waals surface area contributed by atoms with E-state index in [1.54, 1.807) is 30.1 Å². The first kappa shape index (κ1) is 16.0. The molecule has 0 saturated heterocycles. The molecule has 2 N–H and O–H groups in total. The average Bonchev–Trinajstić information content (AvgIpc) is 3.15. The van der Waals surface area contributed by atoms with Crippen LogP contribution >= 0.6 is 0 Å². The standard InChI is InChI=1S/C19H13F2N3O2/c1-24-8-14(12-6-15(21)10(9-25)4-18(12)24)19(26)23-17-7-22-16-3-2-11(20)5-13(16)17/h2-9,22H,1H3,(H,23,26). The number of H-pyrrole nitrogens is 1. The van der Waals surface area contributed by atoms with Crippen LogP contribution in [-0.4, -0.2) is 21.7 Å². The number of fused-ring (bicyclic) bond motifs is 2. The maximum Gasteiger partial charge on any atom is 0.257 e. The first-order valence-corrected chi connectivity index (χ1v) is 7.79. The maximum atomic E-state index is 14.0. The van der Waals surface area contributed by atoms with Crippen molar-refractivity contribution >= 4 is 39.7 Å². The molecule has 4 aromatic rings. The Morgan fingerprint density at radius 3 is 2.77 bits per heavy atom. The fourth-order valence-electron chi connectivity index (χ4n) is 3.08. The van der Waals surface area contributed by atoms with Gasteiger partial charge >= 0.3 is 0 Å². The second-order valence-corrected chi connectivity index (χ2v) is 6.01. The molecular formula is C19H13F2N3O2. The van der Waals surface area contributed by atoms with Gasteiger partial charge in [-0.2, -0.15) is 0 Å². The van der Waals surface area contributed by atoms with Crippen LogP contribution < -0.4 is 5.32 Å². The van der Waals surface area contributed by atoms with Gasteiger partial charge in [0.05, 0.1) is 16.8 Å². The number of hydrogen-bond donors (Lipinski definition) is 2. The van der Waals surface area contributed by atoms with Crippen molar-refractivity contribution in [3.8, 4) is 0 Å². The highest BCUT2D eigenvalue weighted by atomic mass is 19.1. The number of hydrogen-bond acceptors (Lipinski definition) is 2. The summed E-state index contributed by atoms with van der Waals surface area (Å²) in [6, 6.07) is 6.79. The van der Waals surface area contributed by atoms with Gasteiger partial charge in [-0.3, -0.25) is 9.59 Å². The van der Waals surface area contributed by atoms with Crippen LogP contribution in [0.3, 0.4) is 0 Å². The van der Waals surface area contributed by atoms with Crippen LogP contribution in [0.5, 0.6) is 0 Å². The van der Waals surface area contributed by atoms with E-state index in [9.17, 15) is 18.4 Å². The van der Waals surface area contributed by atoms with Crippen molar-refractivity contribution < 1.29 is 18.4 Å². The van der Waals surface area contributed by atoms with Crippen LogP contribution in [0.15, 0.2) is 42.7 Å². The third kappa shape index (κ3) is 2.45. The SMILES string of the molecule is Cn1cc(C(=O)Nc2c[nH]c3ccc(F)cc23)c2cc(F)c(C=O)cc21. The topological polar surface area (TPSA) is 66.9 Å². The largest absolute Gasteiger partial charge is 0.359 e. The number of benzene rings is 2. The number of aromatic nitrogens is 2. The number of aromatic amines is 1. The Kier molecular flexibility index (Phi) is 3.57. The smallest absolute Gasteiger partial charge is 0.257 e. The molecule has 0 aliphatic heterocycles. The van der Waals surface area contributed by atoms with Crippen molar-refractivity contribution in [3.05, 3.63) is 65.5 Å². The lowest BCUT2D eigenvalue weighted by Crippen LogP contribution is -2.11. The molecule has 0 aliphatic carbocycles. The van der Waals surface area contributed by atoms with Gasteiger partial charge < -0.3 is 14.9 Å². The number of amides is 1. The minimum atomic E-state index is -0.693. The molecule has 0 radical (unpaired) electrons. The molecule has 26 heavy (non-hydrogen) atoms. The van der Waals surface area contributed by atoms with Gasteiger partial charge in [-0.05, 0) is 30.3 Å². The van der Waals surface area contributed by atoms with Crippen LogP contribution in [0, 0.1) is 11.6 Å². The molecule has 0 aliphatic rings. The van der Waals surface area contributed by atoms with Gasteiger partial charge in [0.2, 0.25) is 0 Å². The summed E-state index contributed by atoms with van der Waals surface area (Å²) in [5, 5.41) is 3.64. The summed E-state index contributed by atoms with van der Waals surface area (Å²) in [7, 11) is 1.70. The lowest BCUT2D eigenvalue weighted by Gasteiger charge is -2.04. The van der Waals surface area contributed by atoms with E-state index in [0.717, 1.165) is 0 Å². The Balaban J connectivity index is 1.77. The van der Waals surface area contributed by atoms with Gasteiger partial charge in [0.1, 0.15) is 11.6 Å². The molecule has 2 aromatic heterocycles. The quantitative estimate of drug-likeness (QED) is 0.547. The number of rotatable bonds is 3. The Hall–Kier alpha value is -3.48. The molecule has 0 fully saturated rings. The maximum absolute atomic E-state index is 14.0. The van der Waals surface area contributed by atoms with Gasteiger partial charge in [-0.25, -0.2) is 8.78 Å². The van der Waals surface area contributed by atoms with E-state index in [1.165, 1.54) is 24.3 Å². The summed E-state index contributed by atoms with van der Waals surface area (Å²) in [4.78, 5) is 26.6. The summed E-state index contributed by atoms with van der Waals surface area (Å²) in [5.74, 6) is -1.57. The number of aldehydes is 1. The van der Waals surface area contributed by atoms with E-state index >= 15 is 0 Å². The average molecular weight is 353 g/mol. The van der Waals surface area contributed by atoms with Gasteiger partial charge in [0.15, 0.2) is 6.29 Å². The molecule has 0 spiro atoms. The van der Waals surface area contributed by atoms with Crippen molar-refractivity contribution in [1.82, 2.24) is 9.55 Å². The zero-order chi connectivity index (χ0) is 18.4. The molecule has 1 amide bonds. The Morgan fingerprint density at radius 1 is 1.19 bits per heavy atom. The summed E-state index contributed by atoms with van der Waals surface area (Å²) >= 11 is 0. The normalized spacial score (nSPS) is 11.2. The van der Waals surface area contributed by atoms with Gasteiger partial charge in [0.25, 0.3) is 5.91 Å².